The maximum atomic E-state index is 13.2. The molecule has 38 heavy (non-hydrogen) atoms. The minimum absolute atomic E-state index is 0.147. The Bertz CT molecular complexity index is 1330. The molecule has 1 heterocycles. The number of hydrogen-bond acceptors (Lipinski definition) is 5. The number of ether oxygens (including phenoxy) is 2. The fourth-order valence-electron chi connectivity index (χ4n) is 7.70. The molecule has 1 saturated heterocycles. The SMILES string of the molecule is O=C(OC1C2CC(C1OC(=O)c1ccccc1)C1c3ccc(N4CCCCC4)cc3CC21)c1ccccc1. The van der Waals surface area contributed by atoms with Gasteiger partial charge < -0.3 is 14.4 Å². The molecule has 0 amide bonds. The molecule has 3 aromatic rings. The average molecular weight is 508 g/mol. The summed E-state index contributed by atoms with van der Waals surface area (Å²) in [7, 11) is 0. The van der Waals surface area contributed by atoms with Gasteiger partial charge in [0, 0.05) is 30.6 Å². The van der Waals surface area contributed by atoms with E-state index in [1.54, 1.807) is 24.3 Å². The first-order valence-electron chi connectivity index (χ1n) is 14.1. The fourth-order valence-corrected chi connectivity index (χ4v) is 7.70. The van der Waals surface area contributed by atoms with Crippen LogP contribution < -0.4 is 4.90 Å². The van der Waals surface area contributed by atoms with Gasteiger partial charge in [-0.2, -0.15) is 0 Å². The Labute approximate surface area is 223 Å². The lowest BCUT2D eigenvalue weighted by molar-refractivity contribution is -0.0698. The lowest BCUT2D eigenvalue weighted by Gasteiger charge is -2.37. The topological polar surface area (TPSA) is 55.8 Å². The van der Waals surface area contributed by atoms with E-state index in [1.165, 1.54) is 36.1 Å². The highest BCUT2D eigenvalue weighted by Gasteiger charge is 2.63. The van der Waals surface area contributed by atoms with Crippen LogP contribution in [0.1, 0.15) is 63.4 Å². The normalized spacial score (nSPS) is 29.0. The van der Waals surface area contributed by atoms with E-state index in [2.05, 4.69) is 23.1 Å². The number of nitrogens with zero attached hydrogens (tertiary/aromatic N) is 1. The molecular weight excluding hydrogens is 474 g/mol. The summed E-state index contributed by atoms with van der Waals surface area (Å²) < 4.78 is 12.4. The van der Waals surface area contributed by atoms with Gasteiger partial charge in [-0.1, -0.05) is 42.5 Å². The lowest BCUT2D eigenvalue weighted by Crippen LogP contribution is -2.45. The number of fused-ring (bicyclic) bond motifs is 7. The maximum Gasteiger partial charge on any atom is 0.338 e. The Morgan fingerprint density at radius 2 is 1.29 bits per heavy atom. The molecule has 3 aromatic carbocycles. The van der Waals surface area contributed by atoms with Crippen LogP contribution >= 0.6 is 0 Å². The van der Waals surface area contributed by atoms with Crippen molar-refractivity contribution in [2.24, 2.45) is 17.8 Å². The molecule has 6 unspecified atom stereocenters. The van der Waals surface area contributed by atoms with Crippen LogP contribution in [-0.2, 0) is 15.9 Å². The Hall–Kier alpha value is -3.60. The standard InChI is InChI=1S/C33H33NO4/c35-32(21-10-4-1-5-11-21)37-30-27-20-28(31(30)38-33(36)22-12-6-2-7-13-22)29-25-15-14-24(18-23(25)19-26(27)29)34-16-8-3-9-17-34/h1-2,4-7,10-15,18,26-31H,3,8-9,16-17,19-20H2. The number of esters is 2. The molecule has 3 fully saturated rings. The molecule has 1 aliphatic heterocycles. The monoisotopic (exact) mass is 507 g/mol. The summed E-state index contributed by atoms with van der Waals surface area (Å²) in [5.74, 6) is 0.380. The van der Waals surface area contributed by atoms with Crippen molar-refractivity contribution in [3.8, 4) is 0 Å². The number of carbonyl (C=O) groups excluding carboxylic acids is 2. The van der Waals surface area contributed by atoms with Crippen LogP contribution in [0.4, 0.5) is 5.69 Å². The second-order valence-electron chi connectivity index (χ2n) is 11.4. The third kappa shape index (κ3) is 4.00. The molecule has 194 valence electrons. The highest BCUT2D eigenvalue weighted by atomic mass is 16.6. The lowest BCUT2D eigenvalue weighted by atomic mass is 9.76. The number of anilines is 1. The highest BCUT2D eigenvalue weighted by molar-refractivity contribution is 5.90. The Morgan fingerprint density at radius 1 is 0.684 bits per heavy atom. The zero-order chi connectivity index (χ0) is 25.6. The van der Waals surface area contributed by atoms with Crippen molar-refractivity contribution >= 4 is 17.6 Å². The fraction of sp³-hybridized carbons (Fsp3) is 0.394. The van der Waals surface area contributed by atoms with E-state index in [-0.39, 0.29) is 23.8 Å². The molecule has 2 bridgehead atoms. The molecule has 4 aliphatic rings. The van der Waals surface area contributed by atoms with Gasteiger partial charge in [-0.05, 0) is 91.5 Å². The zero-order valence-corrected chi connectivity index (χ0v) is 21.5. The van der Waals surface area contributed by atoms with Crippen molar-refractivity contribution in [1.29, 1.82) is 0 Å². The van der Waals surface area contributed by atoms with Crippen LogP contribution in [0.3, 0.4) is 0 Å². The average Bonchev–Trinajstić information content (AvgIpc) is 3.63. The predicted octanol–water partition coefficient (Wildman–Crippen LogP) is 6.03. The van der Waals surface area contributed by atoms with Crippen LogP contribution in [0.15, 0.2) is 78.9 Å². The summed E-state index contributed by atoms with van der Waals surface area (Å²) in [6.07, 6.45) is 4.88. The third-order valence-corrected chi connectivity index (χ3v) is 9.35. The second-order valence-corrected chi connectivity index (χ2v) is 11.4. The summed E-state index contributed by atoms with van der Waals surface area (Å²) in [5, 5.41) is 0. The molecule has 0 spiro atoms. The van der Waals surface area contributed by atoms with Crippen molar-refractivity contribution in [1.82, 2.24) is 0 Å². The van der Waals surface area contributed by atoms with E-state index in [1.807, 2.05) is 36.4 Å². The summed E-state index contributed by atoms with van der Waals surface area (Å²) in [4.78, 5) is 28.8. The van der Waals surface area contributed by atoms with Crippen molar-refractivity contribution in [2.75, 3.05) is 18.0 Å². The molecule has 6 atom stereocenters. The van der Waals surface area contributed by atoms with E-state index in [4.69, 9.17) is 9.47 Å². The minimum atomic E-state index is -0.450. The number of hydrogen-bond donors (Lipinski definition) is 0. The third-order valence-electron chi connectivity index (χ3n) is 9.35. The van der Waals surface area contributed by atoms with E-state index >= 15 is 0 Å². The molecule has 0 radical (unpaired) electrons. The van der Waals surface area contributed by atoms with Crippen molar-refractivity contribution in [3.63, 3.8) is 0 Å². The molecule has 3 aliphatic carbocycles. The number of rotatable bonds is 5. The largest absolute Gasteiger partial charge is 0.455 e. The minimum Gasteiger partial charge on any atom is -0.455 e. The van der Waals surface area contributed by atoms with Crippen LogP contribution in [0, 0.1) is 17.8 Å². The summed E-state index contributed by atoms with van der Waals surface area (Å²) >= 11 is 0. The Morgan fingerprint density at radius 3 is 1.92 bits per heavy atom. The van der Waals surface area contributed by atoms with Gasteiger partial charge in [-0.15, -0.1) is 0 Å². The van der Waals surface area contributed by atoms with Gasteiger partial charge in [-0.25, -0.2) is 9.59 Å². The summed E-state index contributed by atoms with van der Waals surface area (Å²) in [6.45, 7) is 2.26. The molecule has 5 heteroatoms. The van der Waals surface area contributed by atoms with Gasteiger partial charge in [0.2, 0.25) is 0 Å². The summed E-state index contributed by atoms with van der Waals surface area (Å²) in [5.41, 5.74) is 5.20. The second kappa shape index (κ2) is 9.61. The zero-order valence-electron chi connectivity index (χ0n) is 21.5. The predicted molar refractivity (Wildman–Crippen MR) is 145 cm³/mol. The van der Waals surface area contributed by atoms with Gasteiger partial charge in [-0.3, -0.25) is 0 Å². The van der Waals surface area contributed by atoms with Crippen molar-refractivity contribution < 1.29 is 19.1 Å². The quantitative estimate of drug-likeness (QED) is 0.395. The van der Waals surface area contributed by atoms with Crippen molar-refractivity contribution in [3.05, 3.63) is 101 Å². The number of carbonyl (C=O) groups is 2. The van der Waals surface area contributed by atoms with Crippen LogP contribution in [-0.4, -0.2) is 37.2 Å². The maximum absolute atomic E-state index is 13.2. The Kier molecular flexibility index (Phi) is 5.95. The highest BCUT2D eigenvalue weighted by Crippen LogP contribution is 2.63. The van der Waals surface area contributed by atoms with Crippen LogP contribution in [0.5, 0.6) is 0 Å². The van der Waals surface area contributed by atoms with Gasteiger partial charge in [0.25, 0.3) is 0 Å². The Balaban J connectivity index is 1.18. The van der Waals surface area contributed by atoms with E-state index in [9.17, 15) is 9.59 Å². The van der Waals surface area contributed by atoms with Crippen LogP contribution in [0.2, 0.25) is 0 Å². The molecular formula is C33H33NO4. The molecule has 7 rings (SSSR count). The van der Waals surface area contributed by atoms with E-state index < -0.39 is 12.2 Å². The van der Waals surface area contributed by atoms with Gasteiger partial charge in [0.05, 0.1) is 11.1 Å². The number of piperidine rings is 1. The molecule has 0 aromatic heterocycles. The first-order valence-corrected chi connectivity index (χ1v) is 14.1. The first kappa shape index (κ1) is 23.5. The van der Waals surface area contributed by atoms with Gasteiger partial charge in [0.15, 0.2) is 0 Å². The molecule has 0 N–H and O–H groups in total. The number of benzene rings is 3. The summed E-state index contributed by atoms with van der Waals surface area (Å²) in [6, 6.07) is 25.2. The van der Waals surface area contributed by atoms with Gasteiger partial charge >= 0.3 is 11.9 Å². The molecule has 5 nitrogen and oxygen atoms in total. The van der Waals surface area contributed by atoms with Gasteiger partial charge in [0.1, 0.15) is 12.2 Å². The van der Waals surface area contributed by atoms with E-state index in [0.29, 0.717) is 23.0 Å². The van der Waals surface area contributed by atoms with Crippen LogP contribution in [0.25, 0.3) is 0 Å². The van der Waals surface area contributed by atoms with Crippen molar-refractivity contribution in [2.45, 2.75) is 50.2 Å². The van der Waals surface area contributed by atoms with E-state index in [0.717, 1.165) is 25.9 Å². The smallest absolute Gasteiger partial charge is 0.338 e. The molecule has 2 saturated carbocycles. The first-order chi connectivity index (χ1) is 18.7.